The van der Waals surface area contributed by atoms with Crippen LogP contribution in [-0.4, -0.2) is 56.6 Å². The molecular formula is C15H12F3N5O3. The fraction of sp³-hybridized carbons (Fsp3) is 0.333. The number of ether oxygens (including phenoxy) is 1. The van der Waals surface area contributed by atoms with Gasteiger partial charge in [-0.25, -0.2) is 4.98 Å². The quantitative estimate of drug-likeness (QED) is 0.687. The van der Waals surface area contributed by atoms with Gasteiger partial charge in [-0.3, -0.25) is 4.79 Å². The van der Waals surface area contributed by atoms with Crippen LogP contribution >= 0.6 is 0 Å². The van der Waals surface area contributed by atoms with Crippen LogP contribution < -0.4 is 0 Å². The van der Waals surface area contributed by atoms with E-state index in [-0.39, 0.29) is 17.4 Å². The predicted octanol–water partition coefficient (Wildman–Crippen LogP) is 1.88. The first-order valence-electron chi connectivity index (χ1n) is 7.69. The van der Waals surface area contributed by atoms with Crippen LogP contribution in [0.15, 0.2) is 29.0 Å². The van der Waals surface area contributed by atoms with Gasteiger partial charge in [0.25, 0.3) is 5.91 Å². The van der Waals surface area contributed by atoms with Crippen LogP contribution in [0.3, 0.4) is 0 Å². The molecule has 0 N–H and O–H groups in total. The average Bonchev–Trinajstić information content (AvgIpc) is 3.28. The summed E-state index contributed by atoms with van der Waals surface area (Å²) >= 11 is 0. The van der Waals surface area contributed by atoms with Gasteiger partial charge in [-0.05, 0) is 12.1 Å². The molecule has 1 saturated heterocycles. The van der Waals surface area contributed by atoms with E-state index in [0.29, 0.717) is 37.5 Å². The van der Waals surface area contributed by atoms with Crippen LogP contribution in [0, 0.1) is 0 Å². The Morgan fingerprint density at radius 2 is 1.88 bits per heavy atom. The zero-order valence-corrected chi connectivity index (χ0v) is 13.2. The lowest BCUT2D eigenvalue weighted by Crippen LogP contribution is -2.40. The van der Waals surface area contributed by atoms with Gasteiger partial charge in [0.1, 0.15) is 11.3 Å². The zero-order valence-electron chi connectivity index (χ0n) is 13.2. The van der Waals surface area contributed by atoms with Gasteiger partial charge in [0.2, 0.25) is 5.82 Å². The first-order valence-corrected chi connectivity index (χ1v) is 7.69. The van der Waals surface area contributed by atoms with Crippen molar-refractivity contribution in [1.82, 2.24) is 24.4 Å². The van der Waals surface area contributed by atoms with Crippen LogP contribution in [0.2, 0.25) is 0 Å². The molecule has 136 valence electrons. The van der Waals surface area contributed by atoms with E-state index >= 15 is 0 Å². The maximum absolute atomic E-state index is 12.6. The number of alkyl halides is 3. The molecule has 0 unspecified atom stereocenters. The molecule has 1 fully saturated rings. The van der Waals surface area contributed by atoms with Gasteiger partial charge in [0.05, 0.1) is 13.2 Å². The molecule has 0 saturated carbocycles. The zero-order chi connectivity index (χ0) is 18.3. The van der Waals surface area contributed by atoms with E-state index in [0.717, 1.165) is 0 Å². The normalized spacial score (nSPS) is 15.6. The highest BCUT2D eigenvalue weighted by atomic mass is 19.4. The number of carbonyl (C=O) groups is 1. The molecule has 0 aromatic carbocycles. The Labute approximate surface area is 144 Å². The van der Waals surface area contributed by atoms with E-state index in [4.69, 9.17) is 4.74 Å². The van der Waals surface area contributed by atoms with Crippen molar-refractivity contribution in [2.24, 2.45) is 0 Å². The first-order chi connectivity index (χ1) is 12.4. The molecule has 1 aliphatic rings. The van der Waals surface area contributed by atoms with Crippen molar-refractivity contribution in [1.29, 1.82) is 0 Å². The Balaban J connectivity index is 1.63. The van der Waals surface area contributed by atoms with Crippen LogP contribution in [-0.2, 0) is 10.9 Å². The second-order valence-corrected chi connectivity index (χ2v) is 5.63. The number of fused-ring (bicyclic) bond motifs is 1. The summed E-state index contributed by atoms with van der Waals surface area (Å²) in [4.78, 5) is 21.7. The summed E-state index contributed by atoms with van der Waals surface area (Å²) in [6.07, 6.45) is -1.70. The molecular weight excluding hydrogens is 355 g/mol. The summed E-state index contributed by atoms with van der Waals surface area (Å²) in [5.74, 6) is -1.84. The minimum absolute atomic E-state index is 0.200. The second-order valence-electron chi connectivity index (χ2n) is 5.63. The predicted molar refractivity (Wildman–Crippen MR) is 80.2 cm³/mol. The average molecular weight is 367 g/mol. The van der Waals surface area contributed by atoms with E-state index in [1.807, 2.05) is 0 Å². The number of hydrogen-bond acceptors (Lipinski definition) is 6. The largest absolute Gasteiger partial charge is 0.471 e. The minimum atomic E-state index is -4.71. The molecule has 4 rings (SSSR count). The van der Waals surface area contributed by atoms with Crippen molar-refractivity contribution in [3.05, 3.63) is 36.1 Å². The fourth-order valence-electron chi connectivity index (χ4n) is 2.61. The topological polar surface area (TPSA) is 85.8 Å². The fourth-order valence-corrected chi connectivity index (χ4v) is 2.61. The van der Waals surface area contributed by atoms with Crippen molar-refractivity contribution in [3.8, 4) is 11.4 Å². The Morgan fingerprint density at radius 3 is 2.58 bits per heavy atom. The van der Waals surface area contributed by atoms with Gasteiger partial charge < -0.3 is 18.6 Å². The SMILES string of the molecule is O=C(c1cn2cc(-c3noc(C(F)(F)F)n3)ccc2n1)N1CCOCC1. The monoisotopic (exact) mass is 367 g/mol. The molecule has 26 heavy (non-hydrogen) atoms. The number of rotatable bonds is 2. The highest BCUT2D eigenvalue weighted by Crippen LogP contribution is 2.29. The molecule has 1 amide bonds. The van der Waals surface area contributed by atoms with Crippen molar-refractivity contribution in [2.45, 2.75) is 6.18 Å². The number of halogens is 3. The Bertz CT molecular complexity index is 959. The highest BCUT2D eigenvalue weighted by Gasteiger charge is 2.38. The summed E-state index contributed by atoms with van der Waals surface area (Å²) < 4.78 is 48.7. The molecule has 3 aromatic heterocycles. The number of morpholine rings is 1. The van der Waals surface area contributed by atoms with Gasteiger partial charge in [-0.2, -0.15) is 18.2 Å². The third-order valence-corrected chi connectivity index (χ3v) is 3.90. The van der Waals surface area contributed by atoms with E-state index in [2.05, 4.69) is 19.6 Å². The Hall–Kier alpha value is -2.95. The molecule has 1 aliphatic heterocycles. The van der Waals surface area contributed by atoms with Crippen LogP contribution in [0.5, 0.6) is 0 Å². The number of hydrogen-bond donors (Lipinski definition) is 0. The lowest BCUT2D eigenvalue weighted by molar-refractivity contribution is -0.159. The van der Waals surface area contributed by atoms with Gasteiger partial charge >= 0.3 is 12.1 Å². The van der Waals surface area contributed by atoms with Crippen molar-refractivity contribution in [2.75, 3.05) is 26.3 Å². The molecule has 0 atom stereocenters. The van der Waals surface area contributed by atoms with Crippen LogP contribution in [0.25, 0.3) is 17.0 Å². The number of imidazole rings is 1. The molecule has 0 aliphatic carbocycles. The third-order valence-electron chi connectivity index (χ3n) is 3.90. The van der Waals surface area contributed by atoms with E-state index in [1.54, 1.807) is 11.0 Å². The first kappa shape index (κ1) is 16.5. The van der Waals surface area contributed by atoms with Gasteiger partial charge in [0, 0.05) is 31.0 Å². The summed E-state index contributed by atoms with van der Waals surface area (Å²) in [6, 6.07) is 3.07. The lowest BCUT2D eigenvalue weighted by atomic mass is 10.3. The smallest absolute Gasteiger partial charge is 0.378 e. The van der Waals surface area contributed by atoms with Crippen molar-refractivity contribution < 1.29 is 27.2 Å². The number of aromatic nitrogens is 4. The third kappa shape index (κ3) is 3.01. The van der Waals surface area contributed by atoms with Gasteiger partial charge in [0.15, 0.2) is 0 Å². The summed E-state index contributed by atoms with van der Waals surface area (Å²) in [5.41, 5.74) is 1.03. The number of carbonyl (C=O) groups excluding carboxylic acids is 1. The second kappa shape index (κ2) is 6.09. The lowest BCUT2D eigenvalue weighted by Gasteiger charge is -2.25. The number of amides is 1. The van der Waals surface area contributed by atoms with Crippen LogP contribution in [0.4, 0.5) is 13.2 Å². The minimum Gasteiger partial charge on any atom is -0.378 e. The molecule has 3 aromatic rings. The highest BCUT2D eigenvalue weighted by molar-refractivity contribution is 5.93. The molecule has 8 nitrogen and oxygen atoms in total. The molecule has 0 radical (unpaired) electrons. The van der Waals surface area contributed by atoms with Crippen LogP contribution in [0.1, 0.15) is 16.4 Å². The van der Waals surface area contributed by atoms with Crippen molar-refractivity contribution >= 4 is 11.6 Å². The summed E-state index contributed by atoms with van der Waals surface area (Å²) in [7, 11) is 0. The Morgan fingerprint density at radius 1 is 1.12 bits per heavy atom. The summed E-state index contributed by atoms with van der Waals surface area (Å²) in [5, 5.41) is 3.35. The van der Waals surface area contributed by atoms with E-state index < -0.39 is 12.1 Å². The van der Waals surface area contributed by atoms with Gasteiger partial charge in [-0.15, -0.1) is 0 Å². The van der Waals surface area contributed by atoms with Crippen molar-refractivity contribution in [3.63, 3.8) is 0 Å². The molecule has 11 heteroatoms. The van der Waals surface area contributed by atoms with Gasteiger partial charge in [-0.1, -0.05) is 5.16 Å². The summed E-state index contributed by atoms with van der Waals surface area (Å²) in [6.45, 7) is 1.92. The maximum Gasteiger partial charge on any atom is 0.471 e. The van der Waals surface area contributed by atoms with E-state index in [9.17, 15) is 18.0 Å². The standard InChI is InChI=1S/C15H12F3N5O3/c16-15(17,18)14-20-12(21-26-14)9-1-2-11-19-10(8-23(11)7-9)13(24)22-3-5-25-6-4-22/h1-2,7-8H,3-6H2. The number of pyridine rings is 1. The number of nitrogens with zero attached hydrogens (tertiary/aromatic N) is 5. The van der Waals surface area contributed by atoms with E-state index in [1.165, 1.54) is 22.9 Å². The molecule has 4 heterocycles. The molecule has 0 spiro atoms. The molecule has 0 bridgehead atoms. The Kier molecular flexibility index (Phi) is 3.87. The maximum atomic E-state index is 12.6.